The molecule has 1 aliphatic heterocycles. The van der Waals surface area contributed by atoms with E-state index in [1.807, 2.05) is 0 Å². The molecule has 0 saturated carbocycles. The number of hydrogen-bond donors (Lipinski definition) is 1. The Hall–Kier alpha value is -3.25. The molecule has 29 heavy (non-hydrogen) atoms. The van der Waals surface area contributed by atoms with Crippen LogP contribution in [0.25, 0.3) is 6.08 Å². The minimum atomic E-state index is -0.576. The van der Waals surface area contributed by atoms with Crippen LogP contribution in [0.3, 0.4) is 0 Å². The van der Waals surface area contributed by atoms with E-state index < -0.39 is 4.92 Å². The van der Waals surface area contributed by atoms with Crippen LogP contribution in [0.2, 0.25) is 0 Å². The first-order valence-corrected chi connectivity index (χ1v) is 9.44. The topological polar surface area (TPSA) is 120 Å². The first-order valence-electron chi connectivity index (χ1n) is 8.23. The molecule has 0 atom stereocenters. The minimum Gasteiger partial charge on any atom is -0.467 e. The van der Waals surface area contributed by atoms with Crippen LogP contribution in [0.1, 0.15) is 17.3 Å². The molecular formula is C17H12BrN5O5S. The lowest BCUT2D eigenvalue weighted by Gasteiger charge is -2.11. The zero-order valence-corrected chi connectivity index (χ0v) is 17.0. The molecule has 1 fully saturated rings. The van der Waals surface area contributed by atoms with Gasteiger partial charge in [-0.2, -0.15) is 4.68 Å². The van der Waals surface area contributed by atoms with E-state index in [-0.39, 0.29) is 40.1 Å². The second-order valence-corrected chi connectivity index (χ2v) is 7.26. The summed E-state index contributed by atoms with van der Waals surface area (Å²) in [6.45, 7) is 0.422. The molecule has 4 heterocycles. The summed E-state index contributed by atoms with van der Waals surface area (Å²) in [7, 11) is 0. The summed E-state index contributed by atoms with van der Waals surface area (Å²) in [6, 6.07) is 6.88. The van der Waals surface area contributed by atoms with E-state index in [1.165, 1.54) is 22.0 Å². The van der Waals surface area contributed by atoms with Gasteiger partial charge in [0.05, 0.1) is 24.1 Å². The van der Waals surface area contributed by atoms with Crippen LogP contribution in [-0.4, -0.2) is 30.6 Å². The van der Waals surface area contributed by atoms with Gasteiger partial charge >= 0.3 is 5.82 Å². The number of nitrogens with one attached hydrogen (secondary N) is 1. The van der Waals surface area contributed by atoms with E-state index in [0.29, 0.717) is 17.3 Å². The monoisotopic (exact) mass is 477 g/mol. The predicted octanol–water partition coefficient (Wildman–Crippen LogP) is 3.05. The average molecular weight is 478 g/mol. The van der Waals surface area contributed by atoms with Gasteiger partial charge in [-0.05, 0) is 57.3 Å². The van der Waals surface area contributed by atoms with Gasteiger partial charge in [0, 0.05) is 6.08 Å². The smallest absolute Gasteiger partial charge is 0.404 e. The van der Waals surface area contributed by atoms with Gasteiger partial charge in [-0.1, -0.05) is 0 Å². The van der Waals surface area contributed by atoms with Crippen molar-refractivity contribution in [3.8, 4) is 0 Å². The molecule has 1 aliphatic rings. The first-order chi connectivity index (χ1) is 13.9. The number of thiocarbonyl (C=S) groups is 1. The minimum absolute atomic E-state index is 0.194. The van der Waals surface area contributed by atoms with E-state index in [4.69, 9.17) is 21.1 Å². The summed E-state index contributed by atoms with van der Waals surface area (Å²) >= 11 is 8.32. The normalized spacial score (nSPS) is 15.3. The molecule has 12 heteroatoms. The zero-order valence-electron chi connectivity index (χ0n) is 14.6. The number of nitrogens with zero attached hydrogens (tertiary/aromatic N) is 4. The van der Waals surface area contributed by atoms with E-state index in [2.05, 4.69) is 26.3 Å². The van der Waals surface area contributed by atoms with Crippen molar-refractivity contribution in [2.45, 2.75) is 13.1 Å². The van der Waals surface area contributed by atoms with Crippen LogP contribution in [0.4, 0.5) is 5.82 Å². The molecule has 3 aromatic heterocycles. The van der Waals surface area contributed by atoms with E-state index >= 15 is 0 Å². The van der Waals surface area contributed by atoms with Crippen molar-refractivity contribution >= 4 is 51.1 Å². The number of furan rings is 2. The molecule has 4 rings (SSSR count). The SMILES string of the molecule is O=C1/C(=C\c2ccc(Cn3cc(Br)c([N+](=O)[O-])n3)o2)NC(=S)N1Cc1ccco1. The number of hydrogen-bond acceptors (Lipinski definition) is 7. The van der Waals surface area contributed by atoms with Crippen molar-refractivity contribution in [2.24, 2.45) is 0 Å². The molecule has 0 aromatic carbocycles. The molecule has 3 aromatic rings. The van der Waals surface area contributed by atoms with Gasteiger partial charge in [-0.25, -0.2) is 0 Å². The summed E-state index contributed by atoms with van der Waals surface area (Å²) < 4.78 is 12.6. The van der Waals surface area contributed by atoms with Gasteiger partial charge in [0.15, 0.2) is 5.11 Å². The van der Waals surface area contributed by atoms with Gasteiger partial charge in [0.1, 0.15) is 34.0 Å². The summed E-state index contributed by atoms with van der Waals surface area (Å²) in [5.74, 6) is 0.991. The van der Waals surface area contributed by atoms with E-state index in [0.717, 1.165) is 0 Å². The van der Waals surface area contributed by atoms with Gasteiger partial charge in [-0.3, -0.25) is 9.69 Å². The molecule has 1 saturated heterocycles. The van der Waals surface area contributed by atoms with Gasteiger partial charge < -0.3 is 24.3 Å². The van der Waals surface area contributed by atoms with Gasteiger partial charge in [-0.15, -0.1) is 0 Å². The highest BCUT2D eigenvalue weighted by molar-refractivity contribution is 9.10. The molecule has 0 spiro atoms. The van der Waals surface area contributed by atoms with Crippen molar-refractivity contribution in [3.63, 3.8) is 0 Å². The Morgan fingerprint density at radius 2 is 2.14 bits per heavy atom. The highest BCUT2D eigenvalue weighted by atomic mass is 79.9. The largest absolute Gasteiger partial charge is 0.467 e. The fourth-order valence-electron chi connectivity index (χ4n) is 2.72. The van der Waals surface area contributed by atoms with E-state index in [1.54, 1.807) is 30.3 Å². The second-order valence-electron chi connectivity index (χ2n) is 6.02. The summed E-state index contributed by atoms with van der Waals surface area (Å²) in [6.07, 6.45) is 4.56. The molecule has 148 valence electrons. The quantitative estimate of drug-likeness (QED) is 0.249. The summed E-state index contributed by atoms with van der Waals surface area (Å²) in [5.41, 5.74) is 0.278. The summed E-state index contributed by atoms with van der Waals surface area (Å²) in [4.78, 5) is 24.3. The number of rotatable bonds is 6. The highest BCUT2D eigenvalue weighted by Crippen LogP contribution is 2.23. The maximum absolute atomic E-state index is 12.6. The number of aromatic nitrogens is 2. The molecule has 0 unspecified atom stereocenters. The molecule has 1 N–H and O–H groups in total. The molecule has 1 amide bonds. The Labute approximate surface area is 177 Å². The Morgan fingerprint density at radius 1 is 1.31 bits per heavy atom. The van der Waals surface area contributed by atoms with Crippen LogP contribution in [-0.2, 0) is 17.9 Å². The van der Waals surface area contributed by atoms with Crippen molar-refractivity contribution in [2.75, 3.05) is 0 Å². The van der Waals surface area contributed by atoms with Crippen LogP contribution in [0.15, 0.2) is 55.7 Å². The number of carbonyl (C=O) groups is 1. The standard InChI is InChI=1S/C17H12BrN5O5S/c18-13-9-21(20-15(13)23(25)26)7-12-4-3-10(28-12)6-14-16(24)22(17(29)19-14)8-11-2-1-5-27-11/h1-6,9H,7-8H2,(H,19,29)/b14-6+. The van der Waals surface area contributed by atoms with Gasteiger partial charge in [0.25, 0.3) is 5.91 Å². The number of amides is 1. The van der Waals surface area contributed by atoms with Crippen molar-refractivity contribution in [1.29, 1.82) is 0 Å². The third-order valence-electron chi connectivity index (χ3n) is 4.02. The first kappa shape index (κ1) is 19.1. The van der Waals surface area contributed by atoms with Crippen LogP contribution >= 0.6 is 28.1 Å². The fourth-order valence-corrected chi connectivity index (χ4v) is 3.44. The highest BCUT2D eigenvalue weighted by Gasteiger charge is 2.31. The van der Waals surface area contributed by atoms with Crippen LogP contribution in [0.5, 0.6) is 0 Å². The average Bonchev–Trinajstić information content (AvgIpc) is 3.43. The fraction of sp³-hybridized carbons (Fsp3) is 0.118. The van der Waals surface area contributed by atoms with Crippen LogP contribution < -0.4 is 5.32 Å². The third kappa shape index (κ3) is 3.98. The van der Waals surface area contributed by atoms with Crippen molar-refractivity contribution in [3.05, 3.63) is 74.3 Å². The zero-order chi connectivity index (χ0) is 20.5. The van der Waals surface area contributed by atoms with Crippen molar-refractivity contribution in [1.82, 2.24) is 20.0 Å². The Morgan fingerprint density at radius 3 is 2.83 bits per heavy atom. The van der Waals surface area contributed by atoms with Crippen molar-refractivity contribution < 1.29 is 18.6 Å². The van der Waals surface area contributed by atoms with E-state index in [9.17, 15) is 14.9 Å². The lowest BCUT2D eigenvalue weighted by atomic mass is 10.3. The number of carbonyl (C=O) groups excluding carboxylic acids is 1. The third-order valence-corrected chi connectivity index (χ3v) is 4.90. The molecular weight excluding hydrogens is 466 g/mol. The molecule has 0 aliphatic carbocycles. The van der Waals surface area contributed by atoms with Gasteiger partial charge in [0.2, 0.25) is 0 Å². The predicted molar refractivity (Wildman–Crippen MR) is 107 cm³/mol. The number of halogens is 1. The lowest BCUT2D eigenvalue weighted by molar-refractivity contribution is -0.390. The maximum Gasteiger partial charge on any atom is 0.404 e. The second kappa shape index (κ2) is 7.64. The summed E-state index contributed by atoms with van der Waals surface area (Å²) in [5, 5.41) is 17.9. The van der Waals surface area contributed by atoms with Crippen LogP contribution in [0, 0.1) is 10.1 Å². The molecule has 0 bridgehead atoms. The Bertz CT molecular complexity index is 1130. The maximum atomic E-state index is 12.6. The molecule has 10 nitrogen and oxygen atoms in total. The lowest BCUT2D eigenvalue weighted by Crippen LogP contribution is -2.29. The Balaban J connectivity index is 1.47. The number of nitro groups is 1. The molecule has 0 radical (unpaired) electrons. The Kier molecular flexibility index (Phi) is 5.03.